The molecule has 0 aromatic carbocycles. The van der Waals surface area contributed by atoms with Crippen molar-refractivity contribution in [2.45, 2.75) is 26.8 Å². The molecule has 2 N–H and O–H groups in total. The van der Waals surface area contributed by atoms with Gasteiger partial charge in [0.1, 0.15) is 12.2 Å². The van der Waals surface area contributed by atoms with Gasteiger partial charge in [-0.15, -0.1) is 0 Å². The molecule has 0 saturated carbocycles. The summed E-state index contributed by atoms with van der Waals surface area (Å²) >= 11 is 0. The van der Waals surface area contributed by atoms with Crippen LogP contribution in [0, 0.1) is 0 Å². The second-order valence-electron chi connectivity index (χ2n) is 4.59. The molecule has 1 rings (SSSR count). The van der Waals surface area contributed by atoms with Crippen molar-refractivity contribution in [3.05, 3.63) is 12.2 Å². The topological polar surface area (TPSA) is 70.4 Å². The molecule has 0 aliphatic rings. The van der Waals surface area contributed by atoms with Crippen molar-refractivity contribution in [2.75, 3.05) is 33.2 Å². The van der Waals surface area contributed by atoms with Gasteiger partial charge in [0.2, 0.25) is 0 Å². The van der Waals surface area contributed by atoms with Crippen molar-refractivity contribution < 1.29 is 0 Å². The normalized spacial score (nSPS) is 11.9. The van der Waals surface area contributed by atoms with E-state index in [0.29, 0.717) is 6.54 Å². The highest BCUT2D eigenvalue weighted by Gasteiger charge is 2.04. The zero-order valence-corrected chi connectivity index (χ0v) is 13.1. The van der Waals surface area contributed by atoms with E-state index in [4.69, 9.17) is 0 Å². The van der Waals surface area contributed by atoms with E-state index in [0.717, 1.165) is 38.0 Å². The summed E-state index contributed by atoms with van der Waals surface area (Å²) in [6.07, 6.45) is 2.74. The number of guanidine groups is 1. The third-order valence-electron chi connectivity index (χ3n) is 3.15. The maximum Gasteiger partial charge on any atom is 0.191 e. The number of nitrogens with zero attached hydrogens (tertiary/aromatic N) is 5. The summed E-state index contributed by atoms with van der Waals surface area (Å²) in [6.45, 7) is 9.14. The second kappa shape index (κ2) is 9.30. The van der Waals surface area contributed by atoms with Gasteiger partial charge in [-0.25, -0.2) is 4.98 Å². The molecule has 1 aromatic rings. The Labute approximate surface area is 121 Å². The molecule has 114 valence electrons. The van der Waals surface area contributed by atoms with Gasteiger partial charge in [-0.1, -0.05) is 13.8 Å². The summed E-state index contributed by atoms with van der Waals surface area (Å²) in [6, 6.07) is 0. The van der Waals surface area contributed by atoms with Crippen molar-refractivity contribution in [1.82, 2.24) is 30.3 Å². The molecular formula is C13H27N7. The monoisotopic (exact) mass is 281 g/mol. The largest absolute Gasteiger partial charge is 0.355 e. The van der Waals surface area contributed by atoms with Gasteiger partial charge in [0, 0.05) is 27.2 Å². The van der Waals surface area contributed by atoms with E-state index in [2.05, 4.69) is 44.5 Å². The number of aryl methyl sites for hydroxylation is 1. The molecule has 7 heteroatoms. The molecule has 0 aliphatic carbocycles. The van der Waals surface area contributed by atoms with Gasteiger partial charge in [0.05, 0.1) is 6.54 Å². The molecule has 0 bridgehead atoms. The molecule has 0 unspecified atom stereocenters. The first-order valence-corrected chi connectivity index (χ1v) is 7.21. The third-order valence-corrected chi connectivity index (χ3v) is 3.15. The van der Waals surface area contributed by atoms with E-state index in [-0.39, 0.29) is 0 Å². The molecular weight excluding hydrogens is 254 g/mol. The Hall–Kier alpha value is -1.63. The first kappa shape index (κ1) is 16.4. The first-order valence-electron chi connectivity index (χ1n) is 7.21. The number of hydrogen-bond acceptors (Lipinski definition) is 4. The minimum absolute atomic E-state index is 0.614. The Bertz CT molecular complexity index is 399. The average molecular weight is 281 g/mol. The van der Waals surface area contributed by atoms with Crippen LogP contribution in [-0.2, 0) is 13.6 Å². The highest BCUT2D eigenvalue weighted by atomic mass is 15.3. The van der Waals surface area contributed by atoms with E-state index in [1.807, 2.05) is 7.05 Å². The molecule has 0 radical (unpaired) electrons. The van der Waals surface area contributed by atoms with E-state index in [1.165, 1.54) is 6.42 Å². The molecule has 20 heavy (non-hydrogen) atoms. The molecule has 0 spiro atoms. The van der Waals surface area contributed by atoms with Crippen LogP contribution < -0.4 is 10.6 Å². The summed E-state index contributed by atoms with van der Waals surface area (Å²) < 4.78 is 1.75. The Morgan fingerprint density at radius 3 is 2.70 bits per heavy atom. The van der Waals surface area contributed by atoms with Crippen LogP contribution in [-0.4, -0.2) is 58.9 Å². The van der Waals surface area contributed by atoms with Crippen LogP contribution in [0.4, 0.5) is 0 Å². The third kappa shape index (κ3) is 5.56. The molecule has 0 saturated heterocycles. The van der Waals surface area contributed by atoms with Gasteiger partial charge in [-0.3, -0.25) is 9.67 Å². The fraction of sp³-hybridized carbons (Fsp3) is 0.769. The average Bonchev–Trinajstić information content (AvgIpc) is 2.86. The van der Waals surface area contributed by atoms with Crippen LogP contribution in [0.3, 0.4) is 0 Å². The van der Waals surface area contributed by atoms with Crippen LogP contribution in [0.25, 0.3) is 0 Å². The van der Waals surface area contributed by atoms with Gasteiger partial charge in [0.25, 0.3) is 0 Å². The number of nitrogens with one attached hydrogen (secondary N) is 2. The Kier molecular flexibility index (Phi) is 7.64. The molecule has 0 atom stereocenters. The quantitative estimate of drug-likeness (QED) is 0.527. The minimum atomic E-state index is 0.614. The van der Waals surface area contributed by atoms with Crippen LogP contribution in [0.5, 0.6) is 0 Å². The minimum Gasteiger partial charge on any atom is -0.355 e. The van der Waals surface area contributed by atoms with E-state index < -0.39 is 0 Å². The van der Waals surface area contributed by atoms with Crippen LogP contribution in [0.15, 0.2) is 11.3 Å². The SMILES string of the molecule is CCCN(CC)CCNC(=NC)NCc1ncnn1C. The number of rotatable bonds is 8. The van der Waals surface area contributed by atoms with Gasteiger partial charge in [-0.05, 0) is 19.5 Å². The van der Waals surface area contributed by atoms with Crippen molar-refractivity contribution in [3.8, 4) is 0 Å². The number of likely N-dealkylation sites (N-methyl/N-ethyl adjacent to an activating group) is 1. The van der Waals surface area contributed by atoms with Crippen molar-refractivity contribution in [1.29, 1.82) is 0 Å². The van der Waals surface area contributed by atoms with Crippen molar-refractivity contribution >= 4 is 5.96 Å². The lowest BCUT2D eigenvalue weighted by molar-refractivity contribution is 0.293. The Balaban J connectivity index is 2.28. The van der Waals surface area contributed by atoms with Gasteiger partial charge < -0.3 is 15.5 Å². The van der Waals surface area contributed by atoms with Crippen LogP contribution in [0.1, 0.15) is 26.1 Å². The van der Waals surface area contributed by atoms with Gasteiger partial charge in [0.15, 0.2) is 5.96 Å². The zero-order valence-electron chi connectivity index (χ0n) is 13.1. The van der Waals surface area contributed by atoms with Crippen LogP contribution in [0.2, 0.25) is 0 Å². The second-order valence-corrected chi connectivity index (χ2v) is 4.59. The Morgan fingerprint density at radius 1 is 1.35 bits per heavy atom. The molecule has 1 heterocycles. The highest BCUT2D eigenvalue weighted by molar-refractivity contribution is 5.79. The maximum atomic E-state index is 4.20. The highest BCUT2D eigenvalue weighted by Crippen LogP contribution is 1.90. The summed E-state index contributed by atoms with van der Waals surface area (Å²) in [5.74, 6) is 1.68. The summed E-state index contributed by atoms with van der Waals surface area (Å²) in [5, 5.41) is 10.6. The van der Waals surface area contributed by atoms with Crippen molar-refractivity contribution in [3.63, 3.8) is 0 Å². The van der Waals surface area contributed by atoms with Gasteiger partial charge >= 0.3 is 0 Å². The van der Waals surface area contributed by atoms with Crippen LogP contribution >= 0.6 is 0 Å². The maximum absolute atomic E-state index is 4.20. The predicted molar refractivity (Wildman–Crippen MR) is 81.6 cm³/mol. The summed E-state index contributed by atoms with van der Waals surface area (Å²) in [7, 11) is 3.65. The van der Waals surface area contributed by atoms with Gasteiger partial charge in [-0.2, -0.15) is 5.10 Å². The summed E-state index contributed by atoms with van der Waals surface area (Å²) in [4.78, 5) is 10.8. The Morgan fingerprint density at radius 2 is 2.15 bits per heavy atom. The lowest BCUT2D eigenvalue weighted by Crippen LogP contribution is -2.41. The van der Waals surface area contributed by atoms with E-state index >= 15 is 0 Å². The fourth-order valence-electron chi connectivity index (χ4n) is 1.94. The van der Waals surface area contributed by atoms with Crippen molar-refractivity contribution in [2.24, 2.45) is 12.0 Å². The smallest absolute Gasteiger partial charge is 0.191 e. The zero-order chi connectivity index (χ0) is 14.8. The molecule has 0 fully saturated rings. The molecule has 7 nitrogen and oxygen atoms in total. The first-order chi connectivity index (χ1) is 9.71. The lowest BCUT2D eigenvalue weighted by atomic mass is 10.4. The predicted octanol–water partition coefficient (Wildman–Crippen LogP) is 0.212. The number of aliphatic imine (C=N–C) groups is 1. The lowest BCUT2D eigenvalue weighted by Gasteiger charge is -2.20. The van der Waals surface area contributed by atoms with E-state index in [9.17, 15) is 0 Å². The van der Waals surface area contributed by atoms with E-state index in [1.54, 1.807) is 18.1 Å². The number of aromatic nitrogens is 3. The number of hydrogen-bond donors (Lipinski definition) is 2. The summed E-state index contributed by atoms with van der Waals surface area (Å²) in [5.41, 5.74) is 0. The standard InChI is InChI=1S/C13H27N7/c1-5-8-20(6-2)9-7-15-13(14-3)16-10-12-17-11-18-19(12)4/h11H,5-10H2,1-4H3,(H2,14,15,16). The molecule has 0 amide bonds. The molecule has 0 aliphatic heterocycles. The molecule has 1 aromatic heterocycles. The fourth-order valence-corrected chi connectivity index (χ4v) is 1.94.